The minimum absolute atomic E-state index is 0.000216. The van der Waals surface area contributed by atoms with Crippen LogP contribution in [0.2, 0.25) is 0 Å². The van der Waals surface area contributed by atoms with Gasteiger partial charge in [0.15, 0.2) is 0 Å². The summed E-state index contributed by atoms with van der Waals surface area (Å²) in [6.07, 6.45) is 3.73. The second-order valence-corrected chi connectivity index (χ2v) is 5.16. The fourth-order valence-electron chi connectivity index (χ4n) is 1.78. The number of ether oxygens (including phenoxy) is 1. The Morgan fingerprint density at radius 3 is 2.95 bits per heavy atom. The van der Waals surface area contributed by atoms with Gasteiger partial charge in [-0.1, -0.05) is 5.16 Å². The topological polar surface area (TPSA) is 78.9 Å². The number of hydrogen-bond donors (Lipinski definition) is 0. The summed E-state index contributed by atoms with van der Waals surface area (Å²) >= 11 is 1.28. The van der Waals surface area contributed by atoms with E-state index in [9.17, 15) is 0 Å². The van der Waals surface area contributed by atoms with Gasteiger partial charge in [0.2, 0.25) is 17.6 Å². The molecule has 0 bridgehead atoms. The van der Waals surface area contributed by atoms with Crippen LogP contribution in [0.4, 0.5) is 0 Å². The monoisotopic (exact) mass is 291 g/mol. The van der Waals surface area contributed by atoms with Crippen LogP contribution >= 0.6 is 11.5 Å². The highest BCUT2D eigenvalue weighted by Gasteiger charge is 2.19. The van der Waals surface area contributed by atoms with Gasteiger partial charge in [-0.3, -0.25) is 4.68 Å². The lowest BCUT2D eigenvalue weighted by Crippen LogP contribution is -1.95. The van der Waals surface area contributed by atoms with Crippen molar-refractivity contribution in [2.75, 3.05) is 7.11 Å². The van der Waals surface area contributed by atoms with Gasteiger partial charge in [0, 0.05) is 24.9 Å². The molecule has 0 amide bonds. The molecule has 7 nitrogen and oxygen atoms in total. The summed E-state index contributed by atoms with van der Waals surface area (Å²) in [5.41, 5.74) is 1.03. The largest absolute Gasteiger partial charge is 0.480 e. The van der Waals surface area contributed by atoms with Crippen LogP contribution in [0, 0.1) is 0 Å². The first-order valence-electron chi connectivity index (χ1n) is 6.00. The molecule has 0 fully saturated rings. The molecule has 8 heteroatoms. The van der Waals surface area contributed by atoms with Crippen molar-refractivity contribution < 1.29 is 9.26 Å². The standard InChI is InChI=1S/C12H13N5O2S/c1-7(8-5-13-17(2)6-8)12-14-11(15-19-12)9-4-10(18-3)16-20-9/h4-7H,1-3H3. The number of methoxy groups -OCH3 is 1. The Kier molecular flexibility index (Phi) is 3.23. The van der Waals surface area contributed by atoms with E-state index in [1.165, 1.54) is 11.5 Å². The minimum Gasteiger partial charge on any atom is -0.480 e. The molecule has 1 atom stereocenters. The van der Waals surface area contributed by atoms with E-state index in [4.69, 9.17) is 9.26 Å². The molecule has 0 N–H and O–H groups in total. The second-order valence-electron chi connectivity index (χ2n) is 4.36. The van der Waals surface area contributed by atoms with E-state index in [2.05, 4.69) is 19.6 Å². The van der Waals surface area contributed by atoms with Crippen molar-refractivity contribution in [2.45, 2.75) is 12.8 Å². The Hall–Kier alpha value is -2.22. The molecule has 0 saturated carbocycles. The van der Waals surface area contributed by atoms with Crippen molar-refractivity contribution in [2.24, 2.45) is 7.05 Å². The van der Waals surface area contributed by atoms with Gasteiger partial charge in [0.25, 0.3) is 0 Å². The van der Waals surface area contributed by atoms with Crippen LogP contribution in [0.25, 0.3) is 10.7 Å². The van der Waals surface area contributed by atoms with Crippen molar-refractivity contribution in [1.82, 2.24) is 24.3 Å². The quantitative estimate of drug-likeness (QED) is 0.732. The van der Waals surface area contributed by atoms with E-state index in [1.807, 2.05) is 20.2 Å². The van der Waals surface area contributed by atoms with E-state index in [0.29, 0.717) is 17.6 Å². The zero-order valence-corrected chi connectivity index (χ0v) is 12.1. The first-order chi connectivity index (χ1) is 9.67. The molecule has 3 rings (SSSR count). The van der Waals surface area contributed by atoms with Crippen molar-refractivity contribution in [3.8, 4) is 16.6 Å². The molecular weight excluding hydrogens is 278 g/mol. The first kappa shape index (κ1) is 12.8. The normalized spacial score (nSPS) is 12.6. The molecule has 0 aliphatic heterocycles. The van der Waals surface area contributed by atoms with Crippen LogP contribution < -0.4 is 4.74 Å². The van der Waals surface area contributed by atoms with E-state index in [0.717, 1.165) is 10.4 Å². The average molecular weight is 291 g/mol. The molecule has 0 saturated heterocycles. The highest BCUT2D eigenvalue weighted by molar-refractivity contribution is 7.09. The van der Waals surface area contributed by atoms with E-state index < -0.39 is 0 Å². The summed E-state index contributed by atoms with van der Waals surface area (Å²) in [6.45, 7) is 2.00. The Morgan fingerprint density at radius 2 is 2.30 bits per heavy atom. The minimum atomic E-state index is -0.000216. The zero-order chi connectivity index (χ0) is 14.1. The third kappa shape index (κ3) is 2.29. The van der Waals surface area contributed by atoms with Crippen LogP contribution in [-0.4, -0.2) is 31.4 Å². The number of rotatable bonds is 4. The van der Waals surface area contributed by atoms with Crippen LogP contribution in [0.15, 0.2) is 23.0 Å². The molecule has 0 spiro atoms. The fraction of sp³-hybridized carbons (Fsp3) is 0.333. The third-order valence-corrected chi connectivity index (χ3v) is 3.72. The number of hydrogen-bond acceptors (Lipinski definition) is 7. The maximum atomic E-state index is 5.33. The summed E-state index contributed by atoms with van der Waals surface area (Å²) in [5.74, 6) is 1.63. The van der Waals surface area contributed by atoms with Crippen molar-refractivity contribution in [1.29, 1.82) is 0 Å². The molecule has 0 aliphatic rings. The molecule has 104 valence electrons. The maximum absolute atomic E-state index is 5.33. The van der Waals surface area contributed by atoms with Crippen LogP contribution in [-0.2, 0) is 7.05 Å². The van der Waals surface area contributed by atoms with Gasteiger partial charge in [-0.15, -0.1) is 0 Å². The summed E-state index contributed by atoms with van der Waals surface area (Å²) in [7, 11) is 3.45. The SMILES string of the molecule is COc1cc(-c2noc(C(C)c3cnn(C)c3)n2)sn1. The van der Waals surface area contributed by atoms with Gasteiger partial charge in [-0.2, -0.15) is 14.5 Å². The number of aromatic nitrogens is 5. The molecule has 0 radical (unpaired) electrons. The van der Waals surface area contributed by atoms with Gasteiger partial charge in [-0.05, 0) is 18.5 Å². The molecular formula is C12H13N5O2S. The molecule has 0 aliphatic carbocycles. The number of nitrogens with zero attached hydrogens (tertiary/aromatic N) is 5. The van der Waals surface area contributed by atoms with E-state index in [1.54, 1.807) is 24.1 Å². The Labute approximate surface area is 119 Å². The Morgan fingerprint density at radius 1 is 1.45 bits per heavy atom. The summed E-state index contributed by atoms with van der Waals surface area (Å²) in [5, 5.41) is 8.13. The summed E-state index contributed by atoms with van der Waals surface area (Å²) in [6, 6.07) is 1.79. The van der Waals surface area contributed by atoms with Crippen molar-refractivity contribution >= 4 is 11.5 Å². The lowest BCUT2D eigenvalue weighted by atomic mass is 10.1. The van der Waals surface area contributed by atoms with Gasteiger partial charge in [0.05, 0.1) is 24.1 Å². The lowest BCUT2D eigenvalue weighted by Gasteiger charge is -2.00. The van der Waals surface area contributed by atoms with Crippen LogP contribution in [0.3, 0.4) is 0 Å². The van der Waals surface area contributed by atoms with Crippen molar-refractivity contribution in [3.05, 3.63) is 29.9 Å². The highest BCUT2D eigenvalue weighted by atomic mass is 32.1. The van der Waals surface area contributed by atoms with Crippen LogP contribution in [0.1, 0.15) is 24.3 Å². The maximum Gasteiger partial charge on any atom is 0.234 e. The molecule has 3 aromatic rings. The zero-order valence-electron chi connectivity index (χ0n) is 11.3. The second kappa shape index (κ2) is 5.04. The van der Waals surface area contributed by atoms with E-state index >= 15 is 0 Å². The smallest absolute Gasteiger partial charge is 0.234 e. The average Bonchev–Trinajstić information content (AvgIpc) is 3.17. The van der Waals surface area contributed by atoms with Gasteiger partial charge in [-0.25, -0.2) is 0 Å². The van der Waals surface area contributed by atoms with Gasteiger partial charge >= 0.3 is 0 Å². The Bertz CT molecular complexity index is 717. The van der Waals surface area contributed by atoms with Crippen LogP contribution in [0.5, 0.6) is 5.88 Å². The summed E-state index contributed by atoms with van der Waals surface area (Å²) in [4.78, 5) is 5.23. The highest BCUT2D eigenvalue weighted by Crippen LogP contribution is 2.28. The molecule has 3 aromatic heterocycles. The fourth-order valence-corrected chi connectivity index (χ4v) is 2.41. The van der Waals surface area contributed by atoms with E-state index in [-0.39, 0.29) is 5.92 Å². The molecule has 1 unspecified atom stereocenters. The Balaban J connectivity index is 1.86. The molecule has 3 heterocycles. The first-order valence-corrected chi connectivity index (χ1v) is 6.78. The van der Waals surface area contributed by atoms with Gasteiger partial charge < -0.3 is 9.26 Å². The lowest BCUT2D eigenvalue weighted by molar-refractivity contribution is 0.371. The van der Waals surface area contributed by atoms with Gasteiger partial charge in [0.1, 0.15) is 0 Å². The number of aryl methyl sites for hydroxylation is 1. The molecule has 0 aromatic carbocycles. The predicted molar refractivity (Wildman–Crippen MR) is 72.7 cm³/mol. The summed E-state index contributed by atoms with van der Waals surface area (Å²) < 4.78 is 16.2. The molecule has 20 heavy (non-hydrogen) atoms. The predicted octanol–water partition coefficient (Wildman–Crippen LogP) is 2.09. The third-order valence-electron chi connectivity index (χ3n) is 2.96. The van der Waals surface area contributed by atoms with Crippen molar-refractivity contribution in [3.63, 3.8) is 0 Å².